The summed E-state index contributed by atoms with van der Waals surface area (Å²) in [5.41, 5.74) is 8.66. The van der Waals surface area contributed by atoms with E-state index in [-0.39, 0.29) is 0 Å². The number of methoxy groups -OCH3 is 1. The summed E-state index contributed by atoms with van der Waals surface area (Å²) in [4.78, 5) is 11.2. The zero-order valence-corrected chi connectivity index (χ0v) is 11.8. The Morgan fingerprint density at radius 2 is 2.17 bits per heavy atom. The van der Waals surface area contributed by atoms with Crippen LogP contribution in [-0.2, 0) is 17.6 Å². The highest BCUT2D eigenvalue weighted by Crippen LogP contribution is 2.40. The second-order valence-corrected chi connectivity index (χ2v) is 5.32. The van der Waals surface area contributed by atoms with Crippen LogP contribution in [0.3, 0.4) is 0 Å². The van der Waals surface area contributed by atoms with E-state index in [9.17, 15) is 4.79 Å². The number of ether oxygens (including phenoxy) is 1. The number of halogens is 1. The lowest BCUT2D eigenvalue weighted by atomic mass is 9.85. The molecule has 1 aromatic carbocycles. The summed E-state index contributed by atoms with van der Waals surface area (Å²) in [7, 11) is 1.54. The second-order valence-electron chi connectivity index (χ2n) is 4.47. The fourth-order valence-corrected chi connectivity index (χ4v) is 3.19. The Morgan fingerprint density at radius 1 is 1.50 bits per heavy atom. The van der Waals surface area contributed by atoms with Crippen molar-refractivity contribution in [1.82, 2.24) is 0 Å². The Hall–Kier alpha value is -1.07. The minimum absolute atomic E-state index is 0.547. The monoisotopic (exact) mass is 313 g/mol. The van der Waals surface area contributed by atoms with Gasteiger partial charge in [-0.15, -0.1) is 0 Å². The van der Waals surface area contributed by atoms with Crippen molar-refractivity contribution >= 4 is 21.9 Å². The summed E-state index contributed by atoms with van der Waals surface area (Å²) in [6.45, 7) is 0. The van der Waals surface area contributed by atoms with Crippen LogP contribution in [0.1, 0.15) is 35.6 Å². The largest absolute Gasteiger partial charge is 0.495 e. The van der Waals surface area contributed by atoms with Gasteiger partial charge in [-0.05, 0) is 58.8 Å². The molecule has 1 atom stereocenters. The van der Waals surface area contributed by atoms with E-state index >= 15 is 0 Å². The van der Waals surface area contributed by atoms with Crippen LogP contribution in [0.2, 0.25) is 0 Å². The van der Waals surface area contributed by atoms with Gasteiger partial charge in [0.05, 0.1) is 11.6 Å². The zero-order valence-electron chi connectivity index (χ0n) is 10.2. The molecule has 18 heavy (non-hydrogen) atoms. The predicted octanol–water partition coefficient (Wildman–Crippen LogP) is 2.42. The normalized spacial score (nSPS) is 15.9. The van der Waals surface area contributed by atoms with E-state index in [1.54, 1.807) is 0 Å². The Balaban J connectivity index is 2.65. The summed E-state index contributed by atoms with van der Waals surface area (Å²) in [6, 6.07) is 0.982. The molecule has 0 aromatic heterocycles. The van der Waals surface area contributed by atoms with Gasteiger partial charge in [-0.3, -0.25) is 4.79 Å². The first-order chi connectivity index (χ1) is 8.56. The highest BCUT2D eigenvalue weighted by atomic mass is 79.9. The van der Waals surface area contributed by atoms with Gasteiger partial charge in [0.25, 0.3) is 0 Å². The van der Waals surface area contributed by atoms with Crippen LogP contribution in [0.15, 0.2) is 10.5 Å². The Labute approximate surface area is 114 Å². The lowest BCUT2D eigenvalue weighted by Crippen LogP contribution is -2.24. The molecule has 0 radical (unpaired) electrons. The van der Waals surface area contributed by atoms with Crippen LogP contribution in [0.4, 0.5) is 0 Å². The third-order valence-electron chi connectivity index (χ3n) is 3.38. The first kappa shape index (κ1) is 13.4. The van der Waals surface area contributed by atoms with Crippen LogP contribution >= 0.6 is 15.9 Å². The third-order valence-corrected chi connectivity index (χ3v) is 3.97. The molecule has 0 saturated carbocycles. The molecule has 98 valence electrons. The molecule has 1 aliphatic carbocycles. The third kappa shape index (κ3) is 2.24. The first-order valence-corrected chi connectivity index (χ1v) is 6.72. The predicted molar refractivity (Wildman–Crippen MR) is 71.9 cm³/mol. The number of rotatable bonds is 3. The van der Waals surface area contributed by atoms with Crippen molar-refractivity contribution in [2.24, 2.45) is 5.73 Å². The van der Waals surface area contributed by atoms with Gasteiger partial charge in [0.1, 0.15) is 11.8 Å². The van der Waals surface area contributed by atoms with Crippen molar-refractivity contribution < 1.29 is 14.6 Å². The number of carbonyl (C=O) groups is 1. The van der Waals surface area contributed by atoms with Crippen LogP contribution in [-0.4, -0.2) is 18.2 Å². The molecule has 0 saturated heterocycles. The number of aryl methyl sites for hydroxylation is 1. The standard InChI is InChI=1S/C13H16BrNO3/c1-18-12-9(14)6-7-4-2-3-5-8(7)10(12)11(15)13(16)17/h6,11H,2-5,15H2,1H3,(H,16,17). The molecule has 4 nitrogen and oxygen atoms in total. The number of hydrogen-bond acceptors (Lipinski definition) is 3. The number of carboxylic acid groups (broad SMARTS) is 1. The first-order valence-electron chi connectivity index (χ1n) is 5.92. The van der Waals surface area contributed by atoms with Crippen molar-refractivity contribution in [3.63, 3.8) is 0 Å². The molecule has 0 bridgehead atoms. The molecule has 0 spiro atoms. The quantitative estimate of drug-likeness (QED) is 0.899. The molecule has 5 heteroatoms. The number of carboxylic acids is 1. The molecule has 1 unspecified atom stereocenters. The summed E-state index contributed by atoms with van der Waals surface area (Å²) >= 11 is 3.43. The number of benzene rings is 1. The van der Waals surface area contributed by atoms with Gasteiger partial charge in [-0.25, -0.2) is 0 Å². The Morgan fingerprint density at radius 3 is 2.78 bits per heavy atom. The molecule has 0 fully saturated rings. The lowest BCUT2D eigenvalue weighted by Gasteiger charge is -2.24. The van der Waals surface area contributed by atoms with Gasteiger partial charge >= 0.3 is 5.97 Å². The van der Waals surface area contributed by atoms with E-state index < -0.39 is 12.0 Å². The molecule has 1 aromatic rings. The van der Waals surface area contributed by atoms with Gasteiger partial charge in [0.15, 0.2) is 0 Å². The van der Waals surface area contributed by atoms with E-state index in [2.05, 4.69) is 15.9 Å². The molecule has 0 aliphatic heterocycles. The summed E-state index contributed by atoms with van der Waals surface area (Å²) in [6.07, 6.45) is 4.04. The van der Waals surface area contributed by atoms with Gasteiger partial charge < -0.3 is 15.6 Å². The molecule has 0 heterocycles. The maximum absolute atomic E-state index is 11.2. The van der Waals surface area contributed by atoms with Crippen molar-refractivity contribution in [3.05, 3.63) is 27.2 Å². The highest BCUT2D eigenvalue weighted by molar-refractivity contribution is 9.10. The van der Waals surface area contributed by atoms with Gasteiger partial charge in [-0.2, -0.15) is 0 Å². The van der Waals surface area contributed by atoms with Crippen LogP contribution in [0, 0.1) is 0 Å². The average Bonchev–Trinajstić information content (AvgIpc) is 2.36. The molecule has 1 aliphatic rings. The van der Waals surface area contributed by atoms with Crippen molar-refractivity contribution in [3.8, 4) is 5.75 Å². The summed E-state index contributed by atoms with van der Waals surface area (Å²) in [5, 5.41) is 9.15. The van der Waals surface area contributed by atoms with E-state index in [4.69, 9.17) is 15.6 Å². The minimum atomic E-state index is -1.04. The smallest absolute Gasteiger partial charge is 0.325 e. The number of fused-ring (bicyclic) bond motifs is 1. The molecule has 2 rings (SSSR count). The molecule has 0 amide bonds. The van der Waals surface area contributed by atoms with E-state index in [1.807, 2.05) is 6.07 Å². The maximum atomic E-state index is 11.2. The Bertz CT molecular complexity index is 488. The second kappa shape index (κ2) is 5.28. The van der Waals surface area contributed by atoms with Crippen LogP contribution < -0.4 is 10.5 Å². The topological polar surface area (TPSA) is 72.5 Å². The number of aliphatic carboxylic acids is 1. The Kier molecular flexibility index (Phi) is 3.92. The summed E-state index contributed by atoms with van der Waals surface area (Å²) in [5.74, 6) is -0.482. The van der Waals surface area contributed by atoms with Crippen molar-refractivity contribution in [2.45, 2.75) is 31.7 Å². The minimum Gasteiger partial charge on any atom is -0.495 e. The van der Waals surface area contributed by atoms with E-state index in [0.717, 1.165) is 35.7 Å². The van der Waals surface area contributed by atoms with Gasteiger partial charge in [0, 0.05) is 5.56 Å². The molecular formula is C13H16BrNO3. The summed E-state index contributed by atoms with van der Waals surface area (Å²) < 4.78 is 6.10. The number of nitrogens with two attached hydrogens (primary N) is 1. The molecule has 3 N–H and O–H groups in total. The van der Waals surface area contributed by atoms with Gasteiger partial charge in [-0.1, -0.05) is 0 Å². The average molecular weight is 314 g/mol. The van der Waals surface area contributed by atoms with Gasteiger partial charge in [0.2, 0.25) is 0 Å². The van der Waals surface area contributed by atoms with E-state index in [1.165, 1.54) is 12.7 Å². The fraction of sp³-hybridized carbons (Fsp3) is 0.462. The van der Waals surface area contributed by atoms with E-state index in [0.29, 0.717) is 11.3 Å². The fourth-order valence-electron chi connectivity index (χ4n) is 2.54. The highest BCUT2D eigenvalue weighted by Gasteiger charge is 2.27. The van der Waals surface area contributed by atoms with Crippen molar-refractivity contribution in [1.29, 1.82) is 0 Å². The van der Waals surface area contributed by atoms with Crippen LogP contribution in [0.5, 0.6) is 5.75 Å². The maximum Gasteiger partial charge on any atom is 0.325 e. The number of hydrogen-bond donors (Lipinski definition) is 2. The lowest BCUT2D eigenvalue weighted by molar-refractivity contribution is -0.138. The van der Waals surface area contributed by atoms with Crippen LogP contribution in [0.25, 0.3) is 0 Å². The SMILES string of the molecule is COc1c(Br)cc2c(c1C(N)C(=O)O)CCCC2. The zero-order chi connectivity index (χ0) is 13.3. The van der Waals surface area contributed by atoms with Crippen molar-refractivity contribution in [2.75, 3.05) is 7.11 Å². The molecular weight excluding hydrogens is 298 g/mol.